The Kier molecular flexibility index (Phi) is 8.71. The first kappa shape index (κ1) is 26.9. The van der Waals surface area contributed by atoms with Crippen LogP contribution in [0, 0.1) is 30.6 Å². The number of nitrogens with zero attached hydrogens (tertiary/aromatic N) is 6. The summed E-state index contributed by atoms with van der Waals surface area (Å²) in [4.78, 5) is 23.0. The molecule has 0 radical (unpaired) electrons. The van der Waals surface area contributed by atoms with Gasteiger partial charge in [-0.1, -0.05) is 33.6 Å². The van der Waals surface area contributed by atoms with E-state index in [0.29, 0.717) is 17.4 Å². The van der Waals surface area contributed by atoms with Gasteiger partial charge in [0.25, 0.3) is 5.91 Å². The number of fused-ring (bicyclic) bond motifs is 1. The number of amides is 1. The van der Waals surface area contributed by atoms with Crippen molar-refractivity contribution in [1.29, 1.82) is 0 Å². The fourth-order valence-electron chi connectivity index (χ4n) is 4.80. The summed E-state index contributed by atoms with van der Waals surface area (Å²) in [5.41, 5.74) is 4.93. The number of imidazole rings is 1. The quantitative estimate of drug-likeness (QED) is 0.385. The highest BCUT2D eigenvalue weighted by molar-refractivity contribution is 5.94. The molecular weight excluding hydrogens is 460 g/mol. The number of hydrogen-bond donors (Lipinski definition) is 0. The van der Waals surface area contributed by atoms with Gasteiger partial charge in [0.15, 0.2) is 0 Å². The average molecular weight is 503 g/mol. The van der Waals surface area contributed by atoms with Crippen molar-refractivity contribution in [2.75, 3.05) is 32.7 Å². The minimum Gasteiger partial charge on any atom is -0.339 e. The number of likely N-dealkylation sites (tertiary alicyclic amines) is 1. The van der Waals surface area contributed by atoms with Gasteiger partial charge >= 0.3 is 0 Å². The third kappa shape index (κ3) is 6.61. The first-order chi connectivity index (χ1) is 17.7. The Balaban J connectivity index is 1.72. The van der Waals surface area contributed by atoms with Crippen LogP contribution in [0.1, 0.15) is 75.1 Å². The van der Waals surface area contributed by atoms with Gasteiger partial charge in [-0.15, -0.1) is 0 Å². The van der Waals surface area contributed by atoms with E-state index in [1.165, 1.54) is 12.8 Å². The smallest absolute Gasteiger partial charge is 0.255 e. The molecule has 1 saturated heterocycles. The molecule has 1 aliphatic rings. The number of carbonyl (C=O) groups excluding carboxylic acids is 1. The summed E-state index contributed by atoms with van der Waals surface area (Å²) >= 11 is 0. The van der Waals surface area contributed by atoms with Crippen LogP contribution >= 0.6 is 0 Å². The minimum atomic E-state index is 0.0748. The van der Waals surface area contributed by atoms with Gasteiger partial charge in [0.2, 0.25) is 0 Å². The highest BCUT2D eigenvalue weighted by Gasteiger charge is 2.21. The zero-order valence-corrected chi connectivity index (χ0v) is 23.4. The third-order valence-electron chi connectivity index (χ3n) is 7.06. The molecule has 0 bridgehead atoms. The Morgan fingerprint density at radius 3 is 2.35 bits per heavy atom. The molecule has 4 rings (SSSR count). The first-order valence-corrected chi connectivity index (χ1v) is 13.8. The van der Waals surface area contributed by atoms with E-state index < -0.39 is 0 Å². The van der Waals surface area contributed by atoms with Crippen LogP contribution in [0.5, 0.6) is 0 Å². The maximum atomic E-state index is 13.7. The molecular formula is C30H42N6O. The number of aryl methyl sites for hydroxylation is 2. The molecule has 1 fully saturated rings. The van der Waals surface area contributed by atoms with Crippen LogP contribution in [-0.4, -0.2) is 67.6 Å². The van der Waals surface area contributed by atoms with E-state index in [0.717, 1.165) is 74.0 Å². The largest absolute Gasteiger partial charge is 0.339 e. The number of hydrogen-bond acceptors (Lipinski definition) is 4. The molecule has 3 aromatic heterocycles. The molecule has 0 aliphatic carbocycles. The van der Waals surface area contributed by atoms with Crippen molar-refractivity contribution in [2.24, 2.45) is 18.9 Å². The fourth-order valence-corrected chi connectivity index (χ4v) is 4.80. The number of rotatable bonds is 9. The van der Waals surface area contributed by atoms with Gasteiger partial charge < -0.3 is 4.90 Å². The molecule has 0 spiro atoms. The number of carbonyl (C=O) groups is 1. The molecule has 1 amide bonds. The Morgan fingerprint density at radius 1 is 1.08 bits per heavy atom. The van der Waals surface area contributed by atoms with Crippen molar-refractivity contribution >= 4 is 11.6 Å². The third-order valence-corrected chi connectivity index (χ3v) is 7.06. The standard InChI is InChI=1S/C30H42N6O/c1-22(2)13-18-35(19-14-23(3)4)30(37)25-11-12-28-31-29(27-20-24(5)32-33(27)6)26(36(28)21-25)10-9-17-34-15-7-8-16-34/h11-12,20-23H,7-8,13-19H2,1-6H3. The van der Waals surface area contributed by atoms with E-state index in [-0.39, 0.29) is 5.91 Å². The molecule has 0 unspecified atom stereocenters. The van der Waals surface area contributed by atoms with Crippen LogP contribution < -0.4 is 0 Å². The summed E-state index contributed by atoms with van der Waals surface area (Å²) in [5, 5.41) is 4.53. The summed E-state index contributed by atoms with van der Waals surface area (Å²) in [5.74, 6) is 7.97. The van der Waals surface area contributed by atoms with Crippen LogP contribution in [-0.2, 0) is 7.05 Å². The Hall–Kier alpha value is -3.11. The summed E-state index contributed by atoms with van der Waals surface area (Å²) < 4.78 is 3.85. The summed E-state index contributed by atoms with van der Waals surface area (Å²) in [6, 6.07) is 5.88. The predicted octanol–water partition coefficient (Wildman–Crippen LogP) is 5.02. The highest BCUT2D eigenvalue weighted by Crippen LogP contribution is 2.25. The van der Waals surface area contributed by atoms with E-state index in [1.54, 1.807) is 0 Å². The second-order valence-corrected chi connectivity index (χ2v) is 11.2. The first-order valence-electron chi connectivity index (χ1n) is 13.8. The number of aromatic nitrogens is 4. The molecule has 0 saturated carbocycles. The molecule has 0 aromatic carbocycles. The average Bonchev–Trinajstić information content (AvgIpc) is 3.57. The van der Waals surface area contributed by atoms with E-state index >= 15 is 0 Å². The lowest BCUT2D eigenvalue weighted by Gasteiger charge is -2.24. The van der Waals surface area contributed by atoms with Gasteiger partial charge in [0.05, 0.1) is 23.5 Å². The van der Waals surface area contributed by atoms with E-state index in [1.807, 2.05) is 52.3 Å². The zero-order chi connectivity index (χ0) is 26.5. The van der Waals surface area contributed by atoms with E-state index in [4.69, 9.17) is 4.98 Å². The molecule has 0 N–H and O–H groups in total. The van der Waals surface area contributed by atoms with Crippen molar-refractivity contribution in [3.8, 4) is 23.2 Å². The second kappa shape index (κ2) is 12.0. The van der Waals surface area contributed by atoms with Crippen molar-refractivity contribution in [2.45, 2.75) is 60.3 Å². The Bertz CT molecular complexity index is 1270. The summed E-state index contributed by atoms with van der Waals surface area (Å²) in [6.45, 7) is 15.3. The van der Waals surface area contributed by atoms with Crippen LogP contribution in [0.3, 0.4) is 0 Å². The SMILES string of the molecule is Cc1cc(-c2nc3ccc(C(=O)N(CCC(C)C)CCC(C)C)cn3c2C#CCN2CCCC2)n(C)n1. The monoisotopic (exact) mass is 502 g/mol. The van der Waals surface area contributed by atoms with Gasteiger partial charge in [-0.3, -0.25) is 18.8 Å². The zero-order valence-electron chi connectivity index (χ0n) is 23.4. The maximum absolute atomic E-state index is 13.7. The normalized spacial score (nSPS) is 14.1. The maximum Gasteiger partial charge on any atom is 0.255 e. The van der Waals surface area contributed by atoms with Crippen LogP contribution in [0.15, 0.2) is 24.4 Å². The summed E-state index contributed by atoms with van der Waals surface area (Å²) in [7, 11) is 1.93. The molecule has 4 heterocycles. The Morgan fingerprint density at radius 2 is 1.76 bits per heavy atom. The molecule has 3 aromatic rings. The van der Waals surface area contributed by atoms with Crippen LogP contribution in [0.4, 0.5) is 0 Å². The topological polar surface area (TPSA) is 58.7 Å². The van der Waals surface area contributed by atoms with Crippen LogP contribution in [0.25, 0.3) is 17.0 Å². The fraction of sp³-hybridized carbons (Fsp3) is 0.567. The lowest BCUT2D eigenvalue weighted by Crippen LogP contribution is -2.34. The van der Waals surface area contributed by atoms with Crippen molar-refractivity contribution < 1.29 is 4.79 Å². The van der Waals surface area contributed by atoms with Crippen molar-refractivity contribution in [3.63, 3.8) is 0 Å². The molecule has 198 valence electrons. The van der Waals surface area contributed by atoms with Crippen molar-refractivity contribution in [3.05, 3.63) is 41.3 Å². The van der Waals surface area contributed by atoms with E-state index in [9.17, 15) is 4.79 Å². The highest BCUT2D eigenvalue weighted by atomic mass is 16.2. The second-order valence-electron chi connectivity index (χ2n) is 11.2. The minimum absolute atomic E-state index is 0.0748. The van der Waals surface area contributed by atoms with Crippen molar-refractivity contribution in [1.82, 2.24) is 29.0 Å². The predicted molar refractivity (Wildman–Crippen MR) is 149 cm³/mol. The summed E-state index contributed by atoms with van der Waals surface area (Å²) in [6.07, 6.45) is 6.40. The van der Waals surface area contributed by atoms with Gasteiger partial charge in [-0.2, -0.15) is 5.10 Å². The van der Waals surface area contributed by atoms with Gasteiger partial charge in [-0.05, 0) is 81.7 Å². The lowest BCUT2D eigenvalue weighted by atomic mass is 10.1. The number of pyridine rings is 1. The molecule has 0 atom stereocenters. The van der Waals surface area contributed by atoms with Gasteiger partial charge in [-0.25, -0.2) is 4.98 Å². The molecule has 37 heavy (non-hydrogen) atoms. The molecule has 1 aliphatic heterocycles. The van der Waals surface area contributed by atoms with E-state index in [2.05, 4.69) is 49.5 Å². The van der Waals surface area contributed by atoms with Gasteiger partial charge in [0, 0.05) is 26.3 Å². The lowest BCUT2D eigenvalue weighted by molar-refractivity contribution is 0.0740. The molecule has 7 heteroatoms. The van der Waals surface area contributed by atoms with Crippen LogP contribution in [0.2, 0.25) is 0 Å². The Labute approximate surface area is 221 Å². The molecule has 7 nitrogen and oxygen atoms in total. The van der Waals surface area contributed by atoms with Gasteiger partial charge in [0.1, 0.15) is 17.0 Å².